The fraction of sp³-hybridized carbons (Fsp3) is 0.345. The van der Waals surface area contributed by atoms with Crippen molar-refractivity contribution in [2.24, 2.45) is 0 Å². The number of aryl methyl sites for hydroxylation is 1. The summed E-state index contributed by atoms with van der Waals surface area (Å²) in [6.45, 7) is 1.78. The average Bonchev–Trinajstić information content (AvgIpc) is 3.42. The maximum absolute atomic E-state index is 12.3. The molecule has 0 amide bonds. The van der Waals surface area contributed by atoms with Crippen LogP contribution >= 0.6 is 11.6 Å². The van der Waals surface area contributed by atoms with E-state index in [1.165, 1.54) is 35.0 Å². The Morgan fingerprint density at radius 3 is 2.29 bits per heavy atom. The Balaban J connectivity index is 0.000000687. The van der Waals surface area contributed by atoms with Gasteiger partial charge in [0, 0.05) is 44.4 Å². The van der Waals surface area contributed by atoms with Crippen molar-refractivity contribution in [1.29, 1.82) is 0 Å². The number of hydrogen-bond acceptors (Lipinski definition) is 10. The molecule has 3 aromatic rings. The zero-order chi connectivity index (χ0) is 32.2. The number of nitrogens with zero attached hydrogens (tertiary/aromatic N) is 4. The van der Waals surface area contributed by atoms with Crippen LogP contribution in [0.25, 0.3) is 0 Å². The fourth-order valence-corrected chi connectivity index (χ4v) is 4.56. The van der Waals surface area contributed by atoms with Crippen molar-refractivity contribution in [3.8, 4) is 17.2 Å². The van der Waals surface area contributed by atoms with Gasteiger partial charge in [0.2, 0.25) is 0 Å². The minimum absolute atomic E-state index is 0.0189. The average molecular weight is 654 g/mol. The fourth-order valence-electron chi connectivity index (χ4n) is 4.34. The van der Waals surface area contributed by atoms with E-state index in [0.29, 0.717) is 11.5 Å². The standard InChI is InChI=1S/C25H26ClF3N4O6.C4H5NO/c26-24-30-23(33(35)36)15-32(24)12-9-18(34)16-37-19-3-1-17(2-4-19)31-13-10-21(11-14-31)38-20-5-7-22(8-6-20)39-25(27,28)29;1-2-4-6-5-3-1/h1-8,15,18,21,34H,9-14,16H2;1-5H. The summed E-state index contributed by atoms with van der Waals surface area (Å²) in [5, 5.41) is 21.0. The van der Waals surface area contributed by atoms with Crippen molar-refractivity contribution in [1.82, 2.24) is 15.0 Å². The van der Waals surface area contributed by atoms with Crippen molar-refractivity contribution in [2.45, 2.75) is 44.4 Å². The van der Waals surface area contributed by atoms with E-state index in [4.69, 9.17) is 21.1 Å². The van der Waals surface area contributed by atoms with Gasteiger partial charge in [-0.15, -0.1) is 13.2 Å². The molecular weight excluding hydrogens is 623 g/mol. The van der Waals surface area contributed by atoms with Crippen molar-refractivity contribution >= 4 is 23.1 Å². The van der Waals surface area contributed by atoms with E-state index in [9.17, 15) is 28.4 Å². The molecule has 3 heterocycles. The van der Waals surface area contributed by atoms with E-state index in [1.54, 1.807) is 18.5 Å². The topological polar surface area (TPSA) is 133 Å². The molecule has 1 fully saturated rings. The quantitative estimate of drug-likeness (QED) is 0.194. The highest BCUT2D eigenvalue weighted by Gasteiger charge is 2.31. The van der Waals surface area contributed by atoms with Crippen LogP contribution in [0.3, 0.4) is 0 Å². The number of hydrogen-bond donors (Lipinski definition) is 2. The lowest BCUT2D eigenvalue weighted by Gasteiger charge is -2.33. The second-order valence-corrected chi connectivity index (χ2v) is 10.2. The maximum Gasteiger partial charge on any atom is 0.573 e. The largest absolute Gasteiger partial charge is 0.573 e. The summed E-state index contributed by atoms with van der Waals surface area (Å²) in [6.07, 6.45) is 4.32. The number of ether oxygens (including phenoxy) is 3. The van der Waals surface area contributed by atoms with Gasteiger partial charge in [0.1, 0.15) is 42.4 Å². The molecule has 0 bridgehead atoms. The molecule has 0 saturated carbocycles. The number of anilines is 1. The molecule has 2 aromatic carbocycles. The molecule has 1 aromatic heterocycles. The SMILES string of the molecule is C1=CNOC=C1.O=[N+]([O-])c1cn(CCC(O)COc2ccc(N3CCC(Oc4ccc(OC(F)(F)F)cc4)CC3)cc2)c(Cl)n1. The molecule has 5 rings (SSSR count). The van der Waals surface area contributed by atoms with Crippen LogP contribution in [0.1, 0.15) is 19.3 Å². The van der Waals surface area contributed by atoms with Gasteiger partial charge in [0.25, 0.3) is 0 Å². The van der Waals surface area contributed by atoms with E-state index >= 15 is 0 Å². The first-order valence-corrected chi connectivity index (χ1v) is 14.2. The van der Waals surface area contributed by atoms with E-state index in [0.717, 1.165) is 31.6 Å². The number of halogens is 4. The second kappa shape index (κ2) is 15.9. The highest BCUT2D eigenvalue weighted by molar-refractivity contribution is 6.28. The van der Waals surface area contributed by atoms with Gasteiger partial charge in [-0.3, -0.25) is 4.57 Å². The normalized spacial score (nSPS) is 15.3. The molecule has 1 unspecified atom stereocenters. The number of imidazole rings is 1. The summed E-state index contributed by atoms with van der Waals surface area (Å²) in [4.78, 5) is 20.5. The number of allylic oxidation sites excluding steroid dienone is 2. The predicted octanol–water partition coefficient (Wildman–Crippen LogP) is 5.77. The van der Waals surface area contributed by atoms with Crippen LogP contribution in [0.15, 0.2) is 79.3 Å². The third-order valence-electron chi connectivity index (χ3n) is 6.54. The lowest BCUT2D eigenvalue weighted by molar-refractivity contribution is -0.389. The van der Waals surface area contributed by atoms with Gasteiger partial charge in [-0.1, -0.05) is 0 Å². The Labute approximate surface area is 261 Å². The molecule has 0 radical (unpaired) electrons. The van der Waals surface area contributed by atoms with Crippen molar-refractivity contribution in [3.63, 3.8) is 0 Å². The summed E-state index contributed by atoms with van der Waals surface area (Å²) in [5.74, 6) is 0.432. The number of hydroxylamine groups is 1. The number of alkyl halides is 3. The summed E-state index contributed by atoms with van der Waals surface area (Å²) in [7, 11) is 0. The number of benzene rings is 2. The molecular formula is C29H31ClF3N5O7. The number of nitrogens with one attached hydrogen (secondary N) is 1. The smallest absolute Gasteiger partial charge is 0.491 e. The number of aliphatic hydroxyl groups excluding tert-OH is 1. The first kappa shape index (κ1) is 33.3. The van der Waals surface area contributed by atoms with Gasteiger partial charge in [-0.25, -0.2) is 5.48 Å². The molecule has 2 aliphatic heterocycles. The minimum Gasteiger partial charge on any atom is -0.491 e. The number of nitro groups is 1. The van der Waals surface area contributed by atoms with Gasteiger partial charge in [-0.05, 0) is 88.6 Å². The lowest BCUT2D eigenvalue weighted by Crippen LogP contribution is -2.38. The van der Waals surface area contributed by atoms with Crippen LogP contribution in [0.5, 0.6) is 17.2 Å². The van der Waals surface area contributed by atoms with E-state index in [1.807, 2.05) is 30.3 Å². The number of piperidine rings is 1. The first-order chi connectivity index (χ1) is 21.6. The third kappa shape index (κ3) is 11.1. The molecule has 0 spiro atoms. The monoisotopic (exact) mass is 653 g/mol. The number of rotatable bonds is 11. The Morgan fingerprint density at radius 2 is 1.76 bits per heavy atom. The van der Waals surface area contributed by atoms with Crippen LogP contribution < -0.4 is 24.6 Å². The molecule has 45 heavy (non-hydrogen) atoms. The molecule has 0 aliphatic carbocycles. The van der Waals surface area contributed by atoms with E-state index in [2.05, 4.69) is 24.9 Å². The summed E-state index contributed by atoms with van der Waals surface area (Å²) < 4.78 is 53.7. The Kier molecular flexibility index (Phi) is 11.8. The summed E-state index contributed by atoms with van der Waals surface area (Å²) in [6, 6.07) is 12.8. The van der Waals surface area contributed by atoms with Crippen LogP contribution in [-0.4, -0.2) is 57.8 Å². The van der Waals surface area contributed by atoms with Crippen molar-refractivity contribution < 1.29 is 42.2 Å². The van der Waals surface area contributed by atoms with E-state index < -0.39 is 17.4 Å². The molecule has 1 atom stereocenters. The van der Waals surface area contributed by atoms with Gasteiger partial charge in [0.15, 0.2) is 0 Å². The third-order valence-corrected chi connectivity index (χ3v) is 6.84. The lowest BCUT2D eigenvalue weighted by atomic mass is 10.1. The summed E-state index contributed by atoms with van der Waals surface area (Å²) in [5.41, 5.74) is 3.52. The van der Waals surface area contributed by atoms with Crippen LogP contribution in [0, 0.1) is 10.1 Å². The molecule has 242 valence electrons. The zero-order valence-corrected chi connectivity index (χ0v) is 24.6. The van der Waals surface area contributed by atoms with Gasteiger partial charge < -0.3 is 39.2 Å². The highest BCUT2D eigenvalue weighted by Crippen LogP contribution is 2.28. The van der Waals surface area contributed by atoms with Crippen molar-refractivity contribution in [3.05, 3.63) is 94.7 Å². The molecule has 2 N–H and O–H groups in total. The van der Waals surface area contributed by atoms with Gasteiger partial charge in [0.05, 0.1) is 6.10 Å². The van der Waals surface area contributed by atoms with Crippen LogP contribution in [0.2, 0.25) is 5.28 Å². The molecule has 16 heteroatoms. The highest BCUT2D eigenvalue weighted by atomic mass is 35.5. The Hall–Kier alpha value is -4.63. The first-order valence-electron chi connectivity index (χ1n) is 13.8. The number of aliphatic hydroxyl groups is 1. The second-order valence-electron chi connectivity index (χ2n) is 9.81. The van der Waals surface area contributed by atoms with Gasteiger partial charge >= 0.3 is 17.5 Å². The minimum atomic E-state index is -4.73. The van der Waals surface area contributed by atoms with Crippen LogP contribution in [-0.2, 0) is 11.4 Å². The molecule has 1 saturated heterocycles. The molecule has 12 nitrogen and oxygen atoms in total. The maximum atomic E-state index is 12.3. The Morgan fingerprint density at radius 1 is 1.09 bits per heavy atom. The van der Waals surface area contributed by atoms with E-state index in [-0.39, 0.29) is 42.5 Å². The van der Waals surface area contributed by atoms with Crippen LogP contribution in [0.4, 0.5) is 24.7 Å². The zero-order valence-electron chi connectivity index (χ0n) is 23.8. The van der Waals surface area contributed by atoms with Gasteiger partial charge in [-0.2, -0.15) is 0 Å². The van der Waals surface area contributed by atoms with Crippen molar-refractivity contribution in [2.75, 3.05) is 24.6 Å². The molecule has 2 aliphatic rings. The Bertz CT molecular complexity index is 1420. The predicted molar refractivity (Wildman–Crippen MR) is 158 cm³/mol. The summed E-state index contributed by atoms with van der Waals surface area (Å²) >= 11 is 5.88. The number of aromatic nitrogens is 2.